The molecule has 0 saturated carbocycles. The van der Waals surface area contributed by atoms with Crippen molar-refractivity contribution in [3.63, 3.8) is 0 Å². The summed E-state index contributed by atoms with van der Waals surface area (Å²) >= 11 is 0. The van der Waals surface area contributed by atoms with E-state index in [1.54, 1.807) is 0 Å². The van der Waals surface area contributed by atoms with Gasteiger partial charge in [-0.25, -0.2) is 0 Å². The van der Waals surface area contributed by atoms with E-state index in [1.165, 1.54) is 19.3 Å². The first kappa shape index (κ1) is 23.2. The first-order valence-corrected chi connectivity index (χ1v) is 3.43. The van der Waals surface area contributed by atoms with Crippen molar-refractivity contribution >= 4 is 0 Å². The van der Waals surface area contributed by atoms with E-state index in [2.05, 4.69) is 44.3 Å². The fraction of sp³-hybridized carbons (Fsp3) is 0.300. The molecule has 1 aliphatic rings. The molecule has 0 spiro atoms. The summed E-state index contributed by atoms with van der Waals surface area (Å²) in [6.07, 6.45) is 12.5. The van der Waals surface area contributed by atoms with Crippen molar-refractivity contribution in [2.75, 3.05) is 0 Å². The van der Waals surface area contributed by atoms with Gasteiger partial charge in [0.25, 0.3) is 0 Å². The van der Waals surface area contributed by atoms with Gasteiger partial charge >= 0.3 is 33.9 Å². The summed E-state index contributed by atoms with van der Waals surface area (Å²) in [7, 11) is 0. The zero-order chi connectivity index (χ0) is 10.9. The molecule has 3 nitrogen and oxygen atoms in total. The summed E-state index contributed by atoms with van der Waals surface area (Å²) < 4.78 is 22.5. The van der Waals surface area contributed by atoms with Gasteiger partial charge in [-0.2, -0.15) is 0 Å². The number of hydrogen-bond donors (Lipinski definition) is 0. The van der Waals surface area contributed by atoms with Crippen LogP contribution in [-0.4, -0.2) is 0 Å². The van der Waals surface area contributed by atoms with Crippen molar-refractivity contribution in [3.05, 3.63) is 44.3 Å². The maximum Gasteiger partial charge on any atom is 0 e. The molecule has 0 saturated heterocycles. The average molecular weight is 234 g/mol. The van der Waals surface area contributed by atoms with Gasteiger partial charge in [-0.05, 0) is 19.3 Å². The summed E-state index contributed by atoms with van der Waals surface area (Å²) in [6.45, 7) is 13.5. The van der Waals surface area contributed by atoms with Crippen molar-refractivity contribution in [2.24, 2.45) is 0 Å². The van der Waals surface area contributed by atoms with Crippen molar-refractivity contribution in [3.8, 4) is 0 Å². The Labute approximate surface area is 94.9 Å². The number of allylic oxidation sites excluding steroid dienone is 4. The SMILES string of the molecule is C1=CCCCC=C1.[C-]#[O+].[C-]#[O+].[C-]#[O+].[Fe]. The van der Waals surface area contributed by atoms with E-state index in [0.29, 0.717) is 0 Å². The summed E-state index contributed by atoms with van der Waals surface area (Å²) in [6, 6.07) is 0. The largest absolute Gasteiger partial charge is 0 e. The Balaban J connectivity index is -0.0000000625. The molecule has 14 heavy (non-hydrogen) atoms. The molecule has 0 fully saturated rings. The van der Waals surface area contributed by atoms with Crippen LogP contribution in [0.25, 0.3) is 0 Å². The average Bonchev–Trinajstić information content (AvgIpc) is 2.58. The third-order valence-corrected chi connectivity index (χ3v) is 1.12. The van der Waals surface area contributed by atoms with Crippen LogP contribution >= 0.6 is 0 Å². The van der Waals surface area contributed by atoms with Gasteiger partial charge < -0.3 is 0 Å². The van der Waals surface area contributed by atoms with Crippen LogP contribution in [0.5, 0.6) is 0 Å². The van der Waals surface area contributed by atoms with Crippen LogP contribution in [0.4, 0.5) is 0 Å². The molecule has 0 aliphatic heterocycles. The first-order valence-electron chi connectivity index (χ1n) is 3.43. The number of hydrogen-bond acceptors (Lipinski definition) is 0. The van der Waals surface area contributed by atoms with Crippen molar-refractivity contribution in [1.82, 2.24) is 0 Å². The summed E-state index contributed by atoms with van der Waals surface area (Å²) in [5.74, 6) is 0. The standard InChI is InChI=1S/C7H10.3CO.Fe/c1-2-4-6-7-5-3-1;3*1-2;/h1-4H,5-7H2;;;;. The van der Waals surface area contributed by atoms with Crippen LogP contribution in [0.1, 0.15) is 19.3 Å². The van der Waals surface area contributed by atoms with E-state index in [9.17, 15) is 0 Å². The summed E-state index contributed by atoms with van der Waals surface area (Å²) in [4.78, 5) is 0. The van der Waals surface area contributed by atoms with E-state index in [1.807, 2.05) is 0 Å². The van der Waals surface area contributed by atoms with Gasteiger partial charge in [-0.3, -0.25) is 0 Å². The molecule has 0 heterocycles. The molecule has 0 amide bonds. The van der Waals surface area contributed by atoms with Gasteiger partial charge in [0.15, 0.2) is 0 Å². The molecule has 0 unspecified atom stereocenters. The topological polar surface area (TPSA) is 59.7 Å². The molecule has 1 aliphatic carbocycles. The predicted molar refractivity (Wildman–Crippen MR) is 43.9 cm³/mol. The fourth-order valence-electron chi connectivity index (χ4n) is 0.703. The Kier molecular flexibility index (Phi) is 66.0. The molecule has 0 aromatic rings. The molecule has 76 valence electrons. The Morgan fingerprint density at radius 1 is 0.714 bits per heavy atom. The van der Waals surface area contributed by atoms with Gasteiger partial charge in [0.2, 0.25) is 0 Å². The Morgan fingerprint density at radius 2 is 1.00 bits per heavy atom. The van der Waals surface area contributed by atoms with Gasteiger partial charge in [-0.1, -0.05) is 24.3 Å². The minimum atomic E-state index is 0. The molecule has 0 atom stereocenters. The summed E-state index contributed by atoms with van der Waals surface area (Å²) in [5.41, 5.74) is 0. The molecule has 0 aromatic heterocycles. The van der Waals surface area contributed by atoms with Crippen molar-refractivity contribution < 1.29 is 31.0 Å². The minimum Gasteiger partial charge on any atom is 0 e. The fourth-order valence-corrected chi connectivity index (χ4v) is 0.703. The van der Waals surface area contributed by atoms with E-state index >= 15 is 0 Å². The molecule has 0 bridgehead atoms. The monoisotopic (exact) mass is 234 g/mol. The van der Waals surface area contributed by atoms with Crippen LogP contribution in [0, 0.1) is 20.0 Å². The van der Waals surface area contributed by atoms with Crippen molar-refractivity contribution in [2.45, 2.75) is 19.3 Å². The van der Waals surface area contributed by atoms with Crippen LogP contribution in [0.3, 0.4) is 0 Å². The van der Waals surface area contributed by atoms with Gasteiger partial charge in [-0.15, -0.1) is 0 Å². The van der Waals surface area contributed by atoms with E-state index in [0.717, 1.165) is 0 Å². The quantitative estimate of drug-likeness (QED) is 0.350. The second kappa shape index (κ2) is 39.8. The number of rotatable bonds is 0. The van der Waals surface area contributed by atoms with Crippen LogP contribution in [0.2, 0.25) is 0 Å². The molecule has 0 aromatic carbocycles. The Hall–Kier alpha value is -0.781. The third-order valence-electron chi connectivity index (χ3n) is 1.12. The zero-order valence-electron chi connectivity index (χ0n) is 7.51. The maximum atomic E-state index is 7.50. The molecule has 1 rings (SSSR count). The van der Waals surface area contributed by atoms with Gasteiger partial charge in [0.05, 0.1) is 0 Å². The molecule has 0 N–H and O–H groups in total. The first-order chi connectivity index (χ1) is 6.50. The van der Waals surface area contributed by atoms with Gasteiger partial charge in [0.1, 0.15) is 0 Å². The van der Waals surface area contributed by atoms with Crippen LogP contribution in [0.15, 0.2) is 24.3 Å². The second-order valence-electron chi connectivity index (χ2n) is 1.79. The van der Waals surface area contributed by atoms with E-state index in [4.69, 9.17) is 14.0 Å². The minimum absolute atomic E-state index is 0. The third kappa shape index (κ3) is 30.3. The molecular formula is C10H10FeO3. The van der Waals surface area contributed by atoms with E-state index in [-0.39, 0.29) is 17.1 Å². The van der Waals surface area contributed by atoms with Gasteiger partial charge in [0, 0.05) is 17.1 Å². The normalized spacial score (nSPS) is 10.1. The van der Waals surface area contributed by atoms with Crippen LogP contribution < -0.4 is 0 Å². The maximum absolute atomic E-state index is 7.50. The predicted octanol–water partition coefficient (Wildman–Crippen LogP) is 2.17. The Bertz CT molecular complexity index is 163. The molecular weight excluding hydrogens is 224 g/mol. The summed E-state index contributed by atoms with van der Waals surface area (Å²) in [5, 5.41) is 0. The molecule has 4 heteroatoms. The zero-order valence-corrected chi connectivity index (χ0v) is 8.61. The molecule has 0 radical (unpaired) electrons. The Morgan fingerprint density at radius 3 is 1.29 bits per heavy atom. The van der Waals surface area contributed by atoms with E-state index < -0.39 is 0 Å². The van der Waals surface area contributed by atoms with Crippen molar-refractivity contribution in [1.29, 1.82) is 0 Å². The smallest absolute Gasteiger partial charge is 0 e. The second-order valence-corrected chi connectivity index (χ2v) is 1.79. The van der Waals surface area contributed by atoms with Crippen LogP contribution in [-0.2, 0) is 31.0 Å².